The minimum atomic E-state index is -1.90. The van der Waals surface area contributed by atoms with Gasteiger partial charge >= 0.3 is 5.97 Å². The maximum Gasteiger partial charge on any atom is 0.315 e. The fourth-order valence-electron chi connectivity index (χ4n) is 17.5. The first-order valence-corrected chi connectivity index (χ1v) is 30.6. The number of hydrogen-bond donors (Lipinski definition) is 15. The van der Waals surface area contributed by atoms with Crippen molar-refractivity contribution in [3.05, 3.63) is 11.6 Å². The summed E-state index contributed by atoms with van der Waals surface area (Å²) in [5.74, 6) is -0.861. The van der Waals surface area contributed by atoms with Crippen LogP contribution in [0.5, 0.6) is 0 Å². The van der Waals surface area contributed by atoms with Gasteiger partial charge in [-0.15, -0.1) is 0 Å². The van der Waals surface area contributed by atoms with Gasteiger partial charge in [0.05, 0.1) is 50.2 Å². The molecule has 85 heavy (non-hydrogen) atoms. The number of hydrogen-bond acceptors (Lipinski definition) is 26. The molecule has 26 nitrogen and oxygen atoms in total. The average Bonchev–Trinajstić information content (AvgIpc) is 0.692. The molecule has 0 aromatic carbocycles. The van der Waals surface area contributed by atoms with Gasteiger partial charge in [-0.25, -0.2) is 0 Å². The Hall–Kier alpha value is -1.75. The van der Waals surface area contributed by atoms with Crippen molar-refractivity contribution in [2.75, 3.05) is 26.4 Å². The number of aliphatic hydroxyl groups excluding tert-OH is 15. The monoisotopic (exact) mass is 1220 g/mol. The molecule has 9 fully saturated rings. The van der Waals surface area contributed by atoms with E-state index in [1.54, 1.807) is 0 Å². The van der Waals surface area contributed by atoms with Crippen LogP contribution < -0.4 is 0 Å². The van der Waals surface area contributed by atoms with Crippen molar-refractivity contribution in [3.8, 4) is 0 Å². The van der Waals surface area contributed by atoms with E-state index in [4.69, 9.17) is 47.4 Å². The van der Waals surface area contributed by atoms with Crippen LogP contribution in [0.25, 0.3) is 0 Å². The Morgan fingerprint density at radius 2 is 1.14 bits per heavy atom. The molecule has 10 aliphatic rings. The van der Waals surface area contributed by atoms with E-state index in [1.165, 1.54) is 19.4 Å². The van der Waals surface area contributed by atoms with Gasteiger partial charge in [-0.1, -0.05) is 53.2 Å². The summed E-state index contributed by atoms with van der Waals surface area (Å²) in [5, 5.41) is 163. The van der Waals surface area contributed by atoms with Crippen LogP contribution in [0.3, 0.4) is 0 Å². The Balaban J connectivity index is 0.833. The lowest BCUT2D eigenvalue weighted by molar-refractivity contribution is -0.365. The number of esters is 1. The van der Waals surface area contributed by atoms with Gasteiger partial charge in [0.1, 0.15) is 104 Å². The molecule has 4 saturated carbocycles. The number of ether oxygens (including phenoxy) is 10. The molecule has 0 amide bonds. The van der Waals surface area contributed by atoms with Gasteiger partial charge in [-0.3, -0.25) is 4.79 Å². The van der Waals surface area contributed by atoms with Crippen molar-refractivity contribution in [2.24, 2.45) is 50.2 Å². The fraction of sp³-hybridized carbons (Fsp3) is 0.949. The Kier molecular flexibility index (Phi) is 19.0. The molecule has 33 atom stereocenters. The molecule has 0 spiro atoms. The van der Waals surface area contributed by atoms with Crippen LogP contribution in [-0.4, -0.2) is 263 Å². The van der Waals surface area contributed by atoms with Crippen molar-refractivity contribution < 1.29 is 129 Å². The first kappa shape index (κ1) is 66.2. The predicted octanol–water partition coefficient (Wildman–Crippen LogP) is -2.54. The smallest absolute Gasteiger partial charge is 0.315 e. The van der Waals surface area contributed by atoms with Crippen molar-refractivity contribution >= 4 is 5.97 Å². The summed E-state index contributed by atoms with van der Waals surface area (Å²) in [7, 11) is 0. The first-order valence-electron chi connectivity index (χ1n) is 30.6. The van der Waals surface area contributed by atoms with Crippen LogP contribution in [-0.2, 0) is 52.2 Å². The van der Waals surface area contributed by atoms with Gasteiger partial charge in [-0.05, 0) is 117 Å². The Labute approximate surface area is 494 Å². The van der Waals surface area contributed by atoms with Gasteiger partial charge in [0, 0.05) is 5.41 Å². The number of allylic oxidation sites excluding steroid dienone is 2. The van der Waals surface area contributed by atoms with E-state index in [1.807, 2.05) is 6.92 Å². The molecule has 10 rings (SSSR count). The standard InChI is InChI=1S/C59H96O26/c1-24-34(63)38(67)42(71)49(78-24)83-46-29(20-60)80-48(45(74)41(46)70)77-22-30-37(66)40(69)44(73)51(81-30)85-53(75)59-17-15-54(3,4)19-27(59)26-9-10-32-55(5)13-12-33(56(6,23-61)31(55)11-14-58(32,8)57(26,7)16-18-59)82-52-47(36(65)28(62)21-76-52)84-50-43(72)39(68)35(64)25(2)79-50/h9,24-25,27-52,60-74H,10-23H2,1-8H3/t24-,25-,27-,28-,29+,30+,31+,32+,33-,34-,35-,36-,37+,38-,39+,40-,41+,42+,43+,44+,45+,46+,47+,48+,49-,50-,51-,52-,55-,56-,57+,58+,59-/m0/s1. The summed E-state index contributed by atoms with van der Waals surface area (Å²) in [6, 6.07) is 0. The Bertz CT molecular complexity index is 2370. The highest BCUT2D eigenvalue weighted by Gasteiger charge is 2.71. The summed E-state index contributed by atoms with van der Waals surface area (Å²) in [4.78, 5) is 15.2. The van der Waals surface area contributed by atoms with Gasteiger partial charge < -0.3 is 124 Å². The van der Waals surface area contributed by atoms with Gasteiger partial charge in [0.15, 0.2) is 25.2 Å². The van der Waals surface area contributed by atoms with Crippen molar-refractivity contribution in [3.63, 3.8) is 0 Å². The van der Waals surface area contributed by atoms with Crippen molar-refractivity contribution in [2.45, 2.75) is 273 Å². The van der Waals surface area contributed by atoms with Gasteiger partial charge in [-0.2, -0.15) is 0 Å². The molecule has 0 aromatic heterocycles. The van der Waals surface area contributed by atoms with E-state index >= 15 is 4.79 Å². The molecular formula is C59H96O26. The molecule has 488 valence electrons. The highest BCUT2D eigenvalue weighted by molar-refractivity contribution is 5.79. The van der Waals surface area contributed by atoms with Gasteiger partial charge in [0.25, 0.3) is 0 Å². The maximum absolute atomic E-state index is 15.2. The summed E-state index contributed by atoms with van der Waals surface area (Å²) in [6.45, 7) is 14.3. The van der Waals surface area contributed by atoms with E-state index in [0.29, 0.717) is 51.4 Å². The fourth-order valence-corrected chi connectivity index (χ4v) is 17.5. The number of rotatable bonds is 13. The van der Waals surface area contributed by atoms with Crippen molar-refractivity contribution in [1.82, 2.24) is 0 Å². The molecule has 0 radical (unpaired) electrons. The topological polar surface area (TPSA) is 413 Å². The lowest BCUT2D eigenvalue weighted by Gasteiger charge is -2.71. The van der Waals surface area contributed by atoms with Crippen LogP contribution in [0.15, 0.2) is 11.6 Å². The van der Waals surface area contributed by atoms with Crippen LogP contribution >= 0.6 is 0 Å². The minimum Gasteiger partial charge on any atom is -0.432 e. The van der Waals surface area contributed by atoms with Crippen LogP contribution in [0.1, 0.15) is 120 Å². The predicted molar refractivity (Wildman–Crippen MR) is 288 cm³/mol. The zero-order valence-electron chi connectivity index (χ0n) is 49.8. The molecule has 5 aliphatic carbocycles. The van der Waals surface area contributed by atoms with E-state index in [9.17, 15) is 76.6 Å². The minimum absolute atomic E-state index is 0.0670. The third kappa shape index (κ3) is 11.1. The summed E-state index contributed by atoms with van der Waals surface area (Å²) < 4.78 is 59.4. The largest absolute Gasteiger partial charge is 0.432 e. The second kappa shape index (κ2) is 24.4. The molecule has 26 heteroatoms. The SMILES string of the molecule is C[C@@H]1O[C@@H](O[C@H]2[C@H](O[C@H]3CC[C@@]4(C)[C@@H](CC[C@]5(C)[C@@H]4CC=C4[C@@H]6CC(C)(C)CC[C@]6(C(=O)O[C@@H]6O[C@H](CO[C@@H]7O[C@H](CO)[C@@H](O[C@@H]8O[C@@H](C)[C@H](O)[C@H](O)[C@H]8O)[C@H](O)[C@H]7O)[C@@H](O)[C@H](O)[C@H]6O)CC[C@]45C)[C@]3(C)CO)OC[C@H](O)[C@@H]2O)[C@H](O)[C@H](O)[C@H]1O. The molecule has 5 heterocycles. The molecular weight excluding hydrogens is 1120 g/mol. The number of fused-ring (bicyclic) bond motifs is 7. The quantitative estimate of drug-likeness (QED) is 0.0513. The molecule has 0 bridgehead atoms. The third-order valence-electron chi connectivity index (χ3n) is 23.2. The Morgan fingerprint density at radius 1 is 0.565 bits per heavy atom. The maximum atomic E-state index is 15.2. The van der Waals surface area contributed by atoms with E-state index < -0.39 is 189 Å². The summed E-state index contributed by atoms with van der Waals surface area (Å²) in [6.07, 6.45) is -29.6. The van der Waals surface area contributed by atoms with Crippen LogP contribution in [0.4, 0.5) is 0 Å². The number of carbonyl (C=O) groups excluding carboxylic acids is 1. The highest BCUT2D eigenvalue weighted by Crippen LogP contribution is 2.76. The van der Waals surface area contributed by atoms with Gasteiger partial charge in [0.2, 0.25) is 6.29 Å². The van der Waals surface area contributed by atoms with E-state index in [0.717, 1.165) is 12.8 Å². The summed E-state index contributed by atoms with van der Waals surface area (Å²) in [5.41, 5.74) is -1.93. The second-order valence-corrected chi connectivity index (χ2v) is 28.5. The first-order chi connectivity index (χ1) is 39.8. The summed E-state index contributed by atoms with van der Waals surface area (Å²) >= 11 is 0. The lowest BCUT2D eigenvalue weighted by Crippen LogP contribution is -2.67. The molecule has 15 N–H and O–H groups in total. The van der Waals surface area contributed by atoms with Crippen LogP contribution in [0, 0.1) is 50.2 Å². The zero-order valence-corrected chi connectivity index (χ0v) is 49.8. The second-order valence-electron chi connectivity index (χ2n) is 28.5. The molecule has 0 unspecified atom stereocenters. The molecule has 5 aliphatic heterocycles. The third-order valence-corrected chi connectivity index (χ3v) is 23.2. The molecule has 5 saturated heterocycles. The van der Waals surface area contributed by atoms with Crippen molar-refractivity contribution in [1.29, 1.82) is 0 Å². The van der Waals surface area contributed by atoms with Crippen LogP contribution in [0.2, 0.25) is 0 Å². The number of carbonyl (C=O) groups is 1. The zero-order chi connectivity index (χ0) is 62.0. The highest BCUT2D eigenvalue weighted by atomic mass is 16.8. The Morgan fingerprint density at radius 3 is 1.76 bits per heavy atom. The normalized spacial score (nSPS) is 55.3. The average molecular weight is 1220 g/mol. The lowest BCUT2D eigenvalue weighted by atomic mass is 9.33. The molecule has 0 aromatic rings. The van der Waals surface area contributed by atoms with E-state index in [2.05, 4.69) is 40.7 Å². The number of aliphatic hydroxyl groups is 15. The van der Waals surface area contributed by atoms with E-state index in [-0.39, 0.29) is 47.2 Å².